The average molecular weight is 322 g/mol. The van der Waals surface area contributed by atoms with Crippen molar-refractivity contribution in [2.75, 3.05) is 19.9 Å². The van der Waals surface area contributed by atoms with Gasteiger partial charge in [0.25, 0.3) is 0 Å². The Morgan fingerprint density at radius 1 is 1.41 bits per heavy atom. The van der Waals surface area contributed by atoms with E-state index in [4.69, 9.17) is 21.1 Å². The fourth-order valence-electron chi connectivity index (χ4n) is 4.17. The topological polar surface area (TPSA) is 38.8 Å². The Labute approximate surface area is 135 Å². The Bertz CT molecular complexity index is 629. The number of hydrogen-bond acceptors (Lipinski definition) is 4. The van der Waals surface area contributed by atoms with Gasteiger partial charge in [0.1, 0.15) is 0 Å². The third-order valence-electron chi connectivity index (χ3n) is 5.12. The van der Waals surface area contributed by atoms with Crippen molar-refractivity contribution in [1.29, 1.82) is 0 Å². The first-order chi connectivity index (χ1) is 10.7. The van der Waals surface area contributed by atoms with E-state index in [1.165, 1.54) is 0 Å². The van der Waals surface area contributed by atoms with Gasteiger partial charge >= 0.3 is 0 Å². The predicted molar refractivity (Wildman–Crippen MR) is 84.0 cm³/mol. The van der Waals surface area contributed by atoms with E-state index in [1.807, 2.05) is 0 Å². The van der Waals surface area contributed by atoms with E-state index >= 15 is 0 Å². The molecule has 22 heavy (non-hydrogen) atoms. The quantitative estimate of drug-likeness (QED) is 0.838. The van der Waals surface area contributed by atoms with Crippen LogP contribution in [0.5, 0.6) is 11.5 Å². The largest absolute Gasteiger partial charge is 0.454 e. The molecule has 3 aliphatic rings. The second-order valence-electron chi connectivity index (χ2n) is 6.37. The molecule has 1 saturated heterocycles. The van der Waals surface area contributed by atoms with Gasteiger partial charge in [0, 0.05) is 23.0 Å². The van der Waals surface area contributed by atoms with E-state index < -0.39 is 0 Å². The Morgan fingerprint density at radius 3 is 3.09 bits per heavy atom. The molecule has 2 atom stereocenters. The van der Waals surface area contributed by atoms with Crippen molar-refractivity contribution in [2.45, 2.75) is 38.6 Å². The van der Waals surface area contributed by atoms with Crippen molar-refractivity contribution >= 4 is 17.4 Å². The molecular formula is C17H20ClNO3. The summed E-state index contributed by atoms with van der Waals surface area (Å²) in [5.41, 5.74) is 1.62. The smallest absolute Gasteiger partial charge is 0.231 e. The highest BCUT2D eigenvalue weighted by Gasteiger charge is 2.44. The summed E-state index contributed by atoms with van der Waals surface area (Å²) in [7, 11) is 0. The molecule has 0 spiro atoms. The summed E-state index contributed by atoms with van der Waals surface area (Å²) in [5.74, 6) is 1.48. The lowest BCUT2D eigenvalue weighted by Gasteiger charge is -2.43. The lowest BCUT2D eigenvalue weighted by Crippen LogP contribution is -2.51. The summed E-state index contributed by atoms with van der Waals surface area (Å²) in [6.07, 6.45) is 3.99. The first-order valence-corrected chi connectivity index (χ1v) is 8.47. The molecule has 2 aliphatic heterocycles. The predicted octanol–water partition coefficient (Wildman–Crippen LogP) is 3.30. The molecule has 0 aromatic heterocycles. The number of halogens is 1. The number of ether oxygens (including phenoxy) is 2. The van der Waals surface area contributed by atoms with Gasteiger partial charge < -0.3 is 9.47 Å². The monoisotopic (exact) mass is 321 g/mol. The van der Waals surface area contributed by atoms with Gasteiger partial charge in [0.15, 0.2) is 17.3 Å². The van der Waals surface area contributed by atoms with Crippen molar-refractivity contribution in [3.05, 3.63) is 22.2 Å². The summed E-state index contributed by atoms with van der Waals surface area (Å²) in [5, 5.41) is 0.632. The molecular weight excluding hydrogens is 302 g/mol. The summed E-state index contributed by atoms with van der Waals surface area (Å²) < 4.78 is 11.0. The Balaban J connectivity index is 1.79. The molecule has 4 rings (SSSR count). The van der Waals surface area contributed by atoms with Crippen LogP contribution >= 0.6 is 11.6 Å². The SMILES string of the molecule is CCCN1CCC[C@@H]2C(=O)c3c(c(Cl)cc4c3OCO4)C[C@H]21. The standard InChI is InChI=1S/C17H20ClNO3/c1-2-5-19-6-3-4-10-13(19)7-11-12(18)8-14-17(22-9-21-14)15(11)16(10)20/h8,10,13H,2-7,9H2,1H3/t10-,13+/m0/s1. The highest BCUT2D eigenvalue weighted by molar-refractivity contribution is 6.32. The van der Waals surface area contributed by atoms with Gasteiger partial charge in [0.2, 0.25) is 6.79 Å². The number of hydrogen-bond donors (Lipinski definition) is 0. The van der Waals surface area contributed by atoms with Crippen molar-refractivity contribution in [1.82, 2.24) is 4.90 Å². The summed E-state index contributed by atoms with van der Waals surface area (Å²) in [6, 6.07) is 2.08. The van der Waals surface area contributed by atoms with Crippen molar-refractivity contribution in [2.24, 2.45) is 5.92 Å². The van der Waals surface area contributed by atoms with Crippen LogP contribution in [0, 0.1) is 5.92 Å². The Morgan fingerprint density at radius 2 is 2.27 bits per heavy atom. The first kappa shape index (κ1) is 14.3. The number of carbonyl (C=O) groups is 1. The van der Waals surface area contributed by atoms with Gasteiger partial charge in [0.05, 0.1) is 5.56 Å². The van der Waals surface area contributed by atoms with Crippen LogP contribution in [0.1, 0.15) is 42.1 Å². The van der Waals surface area contributed by atoms with Crippen LogP contribution in [0.2, 0.25) is 5.02 Å². The fraction of sp³-hybridized carbons (Fsp3) is 0.588. The summed E-state index contributed by atoms with van der Waals surface area (Å²) in [6.45, 7) is 4.49. The molecule has 1 fully saturated rings. The van der Waals surface area contributed by atoms with Crippen molar-refractivity contribution in [3.63, 3.8) is 0 Å². The second kappa shape index (κ2) is 5.43. The number of fused-ring (bicyclic) bond motifs is 4. The number of carbonyl (C=O) groups excluding carboxylic acids is 1. The van der Waals surface area contributed by atoms with E-state index in [2.05, 4.69) is 11.8 Å². The van der Waals surface area contributed by atoms with E-state index in [1.54, 1.807) is 6.07 Å². The number of piperidine rings is 1. The lowest BCUT2D eigenvalue weighted by molar-refractivity contribution is 0.0583. The molecule has 0 saturated carbocycles. The molecule has 0 bridgehead atoms. The van der Waals surface area contributed by atoms with Crippen LogP contribution in [-0.4, -0.2) is 36.6 Å². The minimum atomic E-state index is 0.0690. The summed E-state index contributed by atoms with van der Waals surface area (Å²) in [4.78, 5) is 15.6. The molecule has 1 aromatic rings. The summed E-state index contributed by atoms with van der Waals surface area (Å²) >= 11 is 6.44. The van der Waals surface area contributed by atoms with E-state index in [-0.39, 0.29) is 24.5 Å². The van der Waals surface area contributed by atoms with Gasteiger partial charge in [-0.1, -0.05) is 18.5 Å². The number of ketones is 1. The Hall–Kier alpha value is -1.26. The maximum Gasteiger partial charge on any atom is 0.231 e. The van der Waals surface area contributed by atoms with Crippen molar-refractivity contribution in [3.8, 4) is 11.5 Å². The minimum absolute atomic E-state index is 0.0690. The molecule has 5 heteroatoms. The third kappa shape index (κ3) is 2.04. The lowest BCUT2D eigenvalue weighted by atomic mass is 9.74. The van der Waals surface area contributed by atoms with E-state index in [9.17, 15) is 4.79 Å². The number of nitrogens with zero attached hydrogens (tertiary/aromatic N) is 1. The van der Waals surface area contributed by atoms with Crippen LogP contribution in [0.3, 0.4) is 0 Å². The second-order valence-corrected chi connectivity index (χ2v) is 6.77. The van der Waals surface area contributed by atoms with Gasteiger partial charge in [-0.3, -0.25) is 9.69 Å². The van der Waals surface area contributed by atoms with Gasteiger partial charge in [-0.25, -0.2) is 0 Å². The maximum absolute atomic E-state index is 13.1. The zero-order valence-electron chi connectivity index (χ0n) is 12.7. The van der Waals surface area contributed by atoms with Crippen LogP contribution < -0.4 is 9.47 Å². The highest BCUT2D eigenvalue weighted by Crippen LogP contribution is 2.47. The van der Waals surface area contributed by atoms with Crippen LogP contribution in [0.15, 0.2) is 6.07 Å². The molecule has 4 nitrogen and oxygen atoms in total. The zero-order valence-corrected chi connectivity index (χ0v) is 13.5. The highest BCUT2D eigenvalue weighted by atomic mass is 35.5. The molecule has 0 unspecified atom stereocenters. The van der Waals surface area contributed by atoms with E-state index in [0.29, 0.717) is 22.1 Å². The zero-order chi connectivity index (χ0) is 15.3. The van der Waals surface area contributed by atoms with E-state index in [0.717, 1.165) is 44.3 Å². The van der Waals surface area contributed by atoms with Gasteiger partial charge in [-0.2, -0.15) is 0 Å². The maximum atomic E-state index is 13.1. The molecule has 2 heterocycles. The van der Waals surface area contributed by atoms with Crippen molar-refractivity contribution < 1.29 is 14.3 Å². The fourth-order valence-corrected chi connectivity index (χ4v) is 4.44. The number of likely N-dealkylation sites (tertiary alicyclic amines) is 1. The van der Waals surface area contributed by atoms with Crippen LogP contribution in [0.4, 0.5) is 0 Å². The number of benzene rings is 1. The Kier molecular flexibility index (Phi) is 3.54. The normalized spacial score (nSPS) is 26.7. The number of rotatable bonds is 2. The van der Waals surface area contributed by atoms with Crippen LogP contribution in [0.25, 0.3) is 0 Å². The van der Waals surface area contributed by atoms with Gasteiger partial charge in [-0.15, -0.1) is 0 Å². The van der Waals surface area contributed by atoms with Gasteiger partial charge in [-0.05, 0) is 44.3 Å². The average Bonchev–Trinajstić information content (AvgIpc) is 2.96. The molecule has 0 amide bonds. The molecule has 1 aliphatic carbocycles. The molecule has 0 N–H and O–H groups in total. The first-order valence-electron chi connectivity index (χ1n) is 8.10. The third-order valence-corrected chi connectivity index (χ3v) is 5.45. The minimum Gasteiger partial charge on any atom is -0.454 e. The molecule has 118 valence electrons. The van der Waals surface area contributed by atoms with Crippen LogP contribution in [-0.2, 0) is 6.42 Å². The molecule has 0 radical (unpaired) electrons. The molecule has 1 aromatic carbocycles. The number of Topliss-reactive ketones (excluding diaryl/α,β-unsaturated/α-hetero) is 1.